The van der Waals surface area contributed by atoms with Crippen molar-refractivity contribution in [2.24, 2.45) is 0 Å². The molecule has 0 fully saturated rings. The average molecular weight is 237 g/mol. The molecule has 0 heterocycles. The summed E-state index contributed by atoms with van der Waals surface area (Å²) in [6.07, 6.45) is 0. The highest BCUT2D eigenvalue weighted by Gasteiger charge is 1.91. The van der Waals surface area contributed by atoms with Gasteiger partial charge in [-0.15, -0.1) is 24.8 Å². The zero-order valence-electron chi connectivity index (χ0n) is 8.54. The summed E-state index contributed by atoms with van der Waals surface area (Å²) in [6.45, 7) is 1.89. The van der Waals surface area contributed by atoms with E-state index in [0.29, 0.717) is 0 Å². The fourth-order valence-electron chi connectivity index (χ4n) is 1.18. The number of benzene rings is 1. The molecule has 1 aromatic carbocycles. The van der Waals surface area contributed by atoms with Crippen molar-refractivity contribution in [2.75, 3.05) is 14.1 Å². The zero-order valence-corrected chi connectivity index (χ0v) is 10.2. The van der Waals surface area contributed by atoms with Gasteiger partial charge in [-0.2, -0.15) is 0 Å². The smallest absolute Gasteiger partial charge is 0.0202 e. The largest absolute Gasteiger partial charge is 0.316 e. The number of rotatable bonds is 4. The monoisotopic (exact) mass is 236 g/mol. The minimum atomic E-state index is 0. The third-order valence-electron chi connectivity index (χ3n) is 1.78. The molecule has 0 saturated carbocycles. The fourth-order valence-corrected chi connectivity index (χ4v) is 1.18. The summed E-state index contributed by atoms with van der Waals surface area (Å²) in [5.41, 5.74) is 2.66. The second kappa shape index (κ2) is 9.28. The minimum absolute atomic E-state index is 0. The van der Waals surface area contributed by atoms with Crippen LogP contribution in [0.25, 0.3) is 0 Å². The SMILES string of the molecule is CNCc1ccc(CNC)cc1.Cl.Cl. The molecule has 0 aliphatic heterocycles. The second-order valence-electron chi connectivity index (χ2n) is 2.88. The lowest BCUT2D eigenvalue weighted by molar-refractivity contribution is 0.804. The van der Waals surface area contributed by atoms with E-state index in [4.69, 9.17) is 0 Å². The molecule has 0 saturated heterocycles. The summed E-state index contributed by atoms with van der Waals surface area (Å²) in [5, 5.41) is 6.24. The van der Waals surface area contributed by atoms with E-state index in [1.54, 1.807) is 0 Å². The Hall–Kier alpha value is -0.280. The van der Waals surface area contributed by atoms with Crippen molar-refractivity contribution in [1.82, 2.24) is 10.6 Å². The second-order valence-corrected chi connectivity index (χ2v) is 2.88. The van der Waals surface area contributed by atoms with Crippen LogP contribution in [0.5, 0.6) is 0 Å². The number of hydrogen-bond donors (Lipinski definition) is 2. The predicted molar refractivity (Wildman–Crippen MR) is 66.5 cm³/mol. The first-order chi connectivity index (χ1) is 5.86. The van der Waals surface area contributed by atoms with Crippen LogP contribution in [-0.2, 0) is 13.1 Å². The molecule has 4 heteroatoms. The fraction of sp³-hybridized carbons (Fsp3) is 0.400. The van der Waals surface area contributed by atoms with E-state index in [1.165, 1.54) is 11.1 Å². The van der Waals surface area contributed by atoms with Crippen molar-refractivity contribution < 1.29 is 0 Å². The minimum Gasteiger partial charge on any atom is -0.316 e. The van der Waals surface area contributed by atoms with Crippen LogP contribution in [0.1, 0.15) is 11.1 Å². The van der Waals surface area contributed by atoms with Gasteiger partial charge in [0, 0.05) is 13.1 Å². The van der Waals surface area contributed by atoms with Gasteiger partial charge in [-0.1, -0.05) is 24.3 Å². The molecule has 0 bridgehead atoms. The van der Waals surface area contributed by atoms with Crippen molar-refractivity contribution in [1.29, 1.82) is 0 Å². The van der Waals surface area contributed by atoms with Gasteiger partial charge in [-0.3, -0.25) is 0 Å². The van der Waals surface area contributed by atoms with Crippen LogP contribution in [0.4, 0.5) is 0 Å². The molecule has 0 aromatic heterocycles. The van der Waals surface area contributed by atoms with Gasteiger partial charge >= 0.3 is 0 Å². The Morgan fingerprint density at radius 3 is 1.29 bits per heavy atom. The lowest BCUT2D eigenvalue weighted by atomic mass is 10.1. The average Bonchev–Trinajstić information content (AvgIpc) is 2.09. The van der Waals surface area contributed by atoms with E-state index in [2.05, 4.69) is 34.9 Å². The standard InChI is InChI=1S/C10H16N2.2ClH/c1-11-7-9-3-5-10(6-4-9)8-12-2;;/h3-6,11-12H,7-8H2,1-2H3;2*1H. The van der Waals surface area contributed by atoms with Crippen molar-refractivity contribution in [3.8, 4) is 0 Å². The Morgan fingerprint density at radius 1 is 0.786 bits per heavy atom. The molecule has 14 heavy (non-hydrogen) atoms. The van der Waals surface area contributed by atoms with E-state index in [-0.39, 0.29) is 24.8 Å². The molecule has 0 spiro atoms. The lowest BCUT2D eigenvalue weighted by Gasteiger charge is -2.02. The van der Waals surface area contributed by atoms with Gasteiger partial charge in [0.05, 0.1) is 0 Å². The normalized spacial score (nSPS) is 8.71. The third kappa shape index (κ3) is 5.45. The molecule has 0 radical (unpaired) electrons. The third-order valence-corrected chi connectivity index (χ3v) is 1.78. The molecule has 0 atom stereocenters. The van der Waals surface area contributed by atoms with Crippen LogP contribution in [0.15, 0.2) is 24.3 Å². The van der Waals surface area contributed by atoms with Crippen molar-refractivity contribution in [2.45, 2.75) is 13.1 Å². The van der Waals surface area contributed by atoms with E-state index < -0.39 is 0 Å². The van der Waals surface area contributed by atoms with Gasteiger partial charge in [0.15, 0.2) is 0 Å². The van der Waals surface area contributed by atoms with E-state index in [1.807, 2.05) is 14.1 Å². The molecule has 82 valence electrons. The topological polar surface area (TPSA) is 24.1 Å². The number of hydrogen-bond acceptors (Lipinski definition) is 2. The first-order valence-corrected chi connectivity index (χ1v) is 4.24. The summed E-state index contributed by atoms with van der Waals surface area (Å²) >= 11 is 0. The molecule has 1 rings (SSSR count). The summed E-state index contributed by atoms with van der Waals surface area (Å²) < 4.78 is 0. The Kier molecular flexibility index (Phi) is 10.7. The predicted octanol–water partition coefficient (Wildman–Crippen LogP) is 1.97. The Balaban J connectivity index is 0. The molecular weight excluding hydrogens is 219 g/mol. The van der Waals surface area contributed by atoms with Gasteiger partial charge in [0.2, 0.25) is 0 Å². The molecule has 0 amide bonds. The maximum atomic E-state index is 3.12. The highest BCUT2D eigenvalue weighted by Crippen LogP contribution is 2.03. The van der Waals surface area contributed by atoms with Gasteiger partial charge in [-0.25, -0.2) is 0 Å². The van der Waals surface area contributed by atoms with E-state index in [0.717, 1.165) is 13.1 Å². The quantitative estimate of drug-likeness (QED) is 0.836. The van der Waals surface area contributed by atoms with Crippen LogP contribution >= 0.6 is 24.8 Å². The molecule has 2 nitrogen and oxygen atoms in total. The Bertz CT molecular complexity index is 199. The maximum Gasteiger partial charge on any atom is 0.0202 e. The summed E-state index contributed by atoms with van der Waals surface area (Å²) in [7, 11) is 3.92. The lowest BCUT2D eigenvalue weighted by Crippen LogP contribution is -2.07. The number of halogens is 2. The maximum absolute atomic E-state index is 3.12. The van der Waals surface area contributed by atoms with Crippen LogP contribution < -0.4 is 10.6 Å². The molecule has 1 aromatic rings. The molecular formula is C10H18Cl2N2. The highest BCUT2D eigenvalue weighted by molar-refractivity contribution is 5.85. The van der Waals surface area contributed by atoms with Crippen molar-refractivity contribution in [3.05, 3.63) is 35.4 Å². The van der Waals surface area contributed by atoms with Crippen molar-refractivity contribution >= 4 is 24.8 Å². The van der Waals surface area contributed by atoms with E-state index >= 15 is 0 Å². The Labute approximate surface area is 98.3 Å². The molecule has 0 unspecified atom stereocenters. The highest BCUT2D eigenvalue weighted by atomic mass is 35.5. The summed E-state index contributed by atoms with van der Waals surface area (Å²) in [5.74, 6) is 0. The van der Waals surface area contributed by atoms with Crippen LogP contribution in [0.2, 0.25) is 0 Å². The van der Waals surface area contributed by atoms with Gasteiger partial charge in [0.1, 0.15) is 0 Å². The van der Waals surface area contributed by atoms with Crippen LogP contribution in [0, 0.1) is 0 Å². The van der Waals surface area contributed by atoms with Crippen LogP contribution in [-0.4, -0.2) is 14.1 Å². The van der Waals surface area contributed by atoms with Gasteiger partial charge in [-0.05, 0) is 25.2 Å². The summed E-state index contributed by atoms with van der Waals surface area (Å²) in [6, 6.07) is 8.62. The van der Waals surface area contributed by atoms with E-state index in [9.17, 15) is 0 Å². The number of nitrogens with one attached hydrogen (secondary N) is 2. The molecule has 0 aliphatic carbocycles. The first kappa shape index (κ1) is 16.2. The first-order valence-electron chi connectivity index (χ1n) is 4.24. The zero-order chi connectivity index (χ0) is 8.81. The molecule has 0 aliphatic rings. The van der Waals surface area contributed by atoms with Crippen molar-refractivity contribution in [3.63, 3.8) is 0 Å². The Morgan fingerprint density at radius 2 is 1.07 bits per heavy atom. The summed E-state index contributed by atoms with van der Waals surface area (Å²) in [4.78, 5) is 0. The van der Waals surface area contributed by atoms with Crippen LogP contribution in [0.3, 0.4) is 0 Å². The van der Waals surface area contributed by atoms with Gasteiger partial charge < -0.3 is 10.6 Å². The van der Waals surface area contributed by atoms with Gasteiger partial charge in [0.25, 0.3) is 0 Å². The molecule has 2 N–H and O–H groups in total.